The predicted molar refractivity (Wildman–Crippen MR) is 88.4 cm³/mol. The summed E-state index contributed by atoms with van der Waals surface area (Å²) in [6.45, 7) is 4.22. The third-order valence-corrected chi connectivity index (χ3v) is 4.24. The van der Waals surface area contributed by atoms with Crippen LogP contribution in [0.4, 0.5) is 0 Å². The van der Waals surface area contributed by atoms with E-state index < -0.39 is 12.1 Å². The summed E-state index contributed by atoms with van der Waals surface area (Å²) in [5, 5.41) is 13.7. The van der Waals surface area contributed by atoms with E-state index in [2.05, 4.69) is 10.3 Å². The summed E-state index contributed by atoms with van der Waals surface area (Å²) in [5.74, 6) is -0.0715. The number of hydrogen-bond acceptors (Lipinski definition) is 3. The molecule has 1 amide bonds. The molecule has 0 aliphatic carbocycles. The maximum absolute atomic E-state index is 12.1. The number of rotatable bonds is 7. The molecule has 0 aliphatic rings. The summed E-state index contributed by atoms with van der Waals surface area (Å²) in [6, 6.07) is 7.31. The zero-order valence-corrected chi connectivity index (χ0v) is 13.2. The molecule has 2 aromatic rings. The SMILES string of the molecule is CCC(C)C(O)CNC(=O)[C@@H](N)Cc1c[nH]c2ccccc12. The number of carbonyl (C=O) groups excluding carboxylic acids is 1. The summed E-state index contributed by atoms with van der Waals surface area (Å²) >= 11 is 0. The van der Waals surface area contributed by atoms with E-state index in [4.69, 9.17) is 5.73 Å². The Morgan fingerprint density at radius 2 is 2.14 bits per heavy atom. The number of H-pyrrole nitrogens is 1. The van der Waals surface area contributed by atoms with Crippen LogP contribution in [0.25, 0.3) is 10.9 Å². The number of aromatic nitrogens is 1. The Hall–Kier alpha value is -1.85. The summed E-state index contributed by atoms with van der Waals surface area (Å²) < 4.78 is 0. The molecule has 5 nitrogen and oxygen atoms in total. The van der Waals surface area contributed by atoms with Crippen LogP contribution in [0.2, 0.25) is 0 Å². The van der Waals surface area contributed by atoms with Gasteiger partial charge < -0.3 is 21.1 Å². The Morgan fingerprint density at radius 3 is 2.86 bits per heavy atom. The zero-order chi connectivity index (χ0) is 16.1. The Balaban J connectivity index is 1.91. The summed E-state index contributed by atoms with van der Waals surface area (Å²) in [5.41, 5.74) is 8.05. The molecule has 0 aliphatic heterocycles. The Morgan fingerprint density at radius 1 is 1.41 bits per heavy atom. The first-order chi connectivity index (χ1) is 10.5. The van der Waals surface area contributed by atoms with Crippen LogP contribution in [0, 0.1) is 5.92 Å². The number of hydrogen-bond donors (Lipinski definition) is 4. The van der Waals surface area contributed by atoms with Crippen LogP contribution < -0.4 is 11.1 Å². The van der Waals surface area contributed by atoms with Gasteiger partial charge in [-0.05, 0) is 24.0 Å². The number of benzene rings is 1. The minimum absolute atomic E-state index is 0.158. The minimum Gasteiger partial charge on any atom is -0.391 e. The van der Waals surface area contributed by atoms with Crippen LogP contribution in [0.1, 0.15) is 25.8 Å². The van der Waals surface area contributed by atoms with Crippen LogP contribution in [-0.2, 0) is 11.2 Å². The molecule has 0 saturated carbocycles. The molecule has 0 bridgehead atoms. The zero-order valence-electron chi connectivity index (χ0n) is 13.2. The molecule has 5 heteroatoms. The molecule has 0 radical (unpaired) electrons. The van der Waals surface area contributed by atoms with Crippen LogP contribution >= 0.6 is 0 Å². The number of nitrogens with two attached hydrogens (primary N) is 1. The monoisotopic (exact) mass is 303 g/mol. The Bertz CT molecular complexity index is 623. The minimum atomic E-state index is -0.622. The van der Waals surface area contributed by atoms with Gasteiger partial charge in [0.25, 0.3) is 0 Å². The molecule has 0 spiro atoms. The maximum Gasteiger partial charge on any atom is 0.237 e. The highest BCUT2D eigenvalue weighted by atomic mass is 16.3. The van der Waals surface area contributed by atoms with Gasteiger partial charge in [-0.2, -0.15) is 0 Å². The highest BCUT2D eigenvalue weighted by Gasteiger charge is 2.18. The molecule has 1 aromatic heterocycles. The molecule has 2 rings (SSSR count). The van der Waals surface area contributed by atoms with Gasteiger partial charge in [0.05, 0.1) is 12.1 Å². The van der Waals surface area contributed by atoms with Crippen molar-refractivity contribution in [3.05, 3.63) is 36.0 Å². The van der Waals surface area contributed by atoms with E-state index in [1.54, 1.807) is 0 Å². The first-order valence-corrected chi connectivity index (χ1v) is 7.79. The highest BCUT2D eigenvalue weighted by molar-refractivity contribution is 5.86. The van der Waals surface area contributed by atoms with Gasteiger partial charge in [-0.3, -0.25) is 4.79 Å². The standard InChI is InChI=1S/C17H25N3O2/c1-3-11(2)16(21)10-20-17(22)14(18)8-12-9-19-15-7-5-4-6-13(12)15/h4-7,9,11,14,16,19,21H,3,8,10,18H2,1-2H3,(H,20,22)/t11?,14-,16?/m0/s1. The lowest BCUT2D eigenvalue weighted by molar-refractivity contribution is -0.122. The van der Waals surface area contributed by atoms with Gasteiger partial charge in [0.1, 0.15) is 0 Å². The third-order valence-electron chi connectivity index (χ3n) is 4.24. The van der Waals surface area contributed by atoms with Crippen molar-refractivity contribution >= 4 is 16.8 Å². The van der Waals surface area contributed by atoms with Gasteiger partial charge >= 0.3 is 0 Å². The molecule has 1 heterocycles. The fourth-order valence-electron chi connectivity index (χ4n) is 2.44. The fraction of sp³-hybridized carbons (Fsp3) is 0.471. The fourth-order valence-corrected chi connectivity index (χ4v) is 2.44. The number of fused-ring (bicyclic) bond motifs is 1. The van der Waals surface area contributed by atoms with E-state index in [1.807, 2.05) is 44.3 Å². The van der Waals surface area contributed by atoms with Gasteiger partial charge in [0.2, 0.25) is 5.91 Å². The van der Waals surface area contributed by atoms with Crippen molar-refractivity contribution in [1.29, 1.82) is 0 Å². The van der Waals surface area contributed by atoms with E-state index in [0.29, 0.717) is 6.42 Å². The maximum atomic E-state index is 12.1. The lowest BCUT2D eigenvalue weighted by atomic mass is 10.0. The van der Waals surface area contributed by atoms with E-state index in [-0.39, 0.29) is 18.4 Å². The van der Waals surface area contributed by atoms with Gasteiger partial charge in [0.15, 0.2) is 0 Å². The number of amides is 1. The normalized spacial score (nSPS) is 15.5. The lowest BCUT2D eigenvalue weighted by Crippen LogP contribution is -2.45. The number of para-hydroxylation sites is 1. The predicted octanol–water partition coefficient (Wildman–Crippen LogP) is 1.56. The van der Waals surface area contributed by atoms with Crippen molar-refractivity contribution in [3.63, 3.8) is 0 Å². The number of aromatic amines is 1. The molecular formula is C17H25N3O2. The first kappa shape index (κ1) is 16.5. The second-order valence-corrected chi connectivity index (χ2v) is 5.87. The van der Waals surface area contributed by atoms with Crippen LogP contribution in [-0.4, -0.2) is 34.7 Å². The molecular weight excluding hydrogens is 278 g/mol. The lowest BCUT2D eigenvalue weighted by Gasteiger charge is -2.19. The average Bonchev–Trinajstić information content (AvgIpc) is 2.94. The topological polar surface area (TPSA) is 91.1 Å². The average molecular weight is 303 g/mol. The van der Waals surface area contributed by atoms with E-state index in [1.165, 1.54) is 0 Å². The van der Waals surface area contributed by atoms with Crippen molar-refractivity contribution in [2.75, 3.05) is 6.54 Å². The molecule has 2 unspecified atom stereocenters. The second kappa shape index (κ2) is 7.42. The molecule has 1 aromatic carbocycles. The van der Waals surface area contributed by atoms with Gasteiger partial charge in [0, 0.05) is 23.6 Å². The van der Waals surface area contributed by atoms with Crippen molar-refractivity contribution in [2.24, 2.45) is 11.7 Å². The van der Waals surface area contributed by atoms with E-state index in [0.717, 1.165) is 22.9 Å². The van der Waals surface area contributed by atoms with Crippen LogP contribution in [0.15, 0.2) is 30.5 Å². The number of aliphatic hydroxyl groups excluding tert-OH is 1. The Kier molecular flexibility index (Phi) is 5.57. The molecule has 0 fully saturated rings. The largest absolute Gasteiger partial charge is 0.391 e. The summed E-state index contributed by atoms with van der Waals surface area (Å²) in [7, 11) is 0. The molecule has 3 atom stereocenters. The van der Waals surface area contributed by atoms with Crippen molar-refractivity contribution in [3.8, 4) is 0 Å². The molecule has 5 N–H and O–H groups in total. The van der Waals surface area contributed by atoms with Crippen molar-refractivity contribution < 1.29 is 9.90 Å². The van der Waals surface area contributed by atoms with Gasteiger partial charge in [-0.1, -0.05) is 38.5 Å². The number of aliphatic hydroxyl groups is 1. The third kappa shape index (κ3) is 3.87. The highest BCUT2D eigenvalue weighted by Crippen LogP contribution is 2.18. The van der Waals surface area contributed by atoms with E-state index >= 15 is 0 Å². The summed E-state index contributed by atoms with van der Waals surface area (Å²) in [6.07, 6.45) is 2.70. The molecule has 120 valence electrons. The van der Waals surface area contributed by atoms with Crippen molar-refractivity contribution in [2.45, 2.75) is 38.8 Å². The second-order valence-electron chi connectivity index (χ2n) is 5.87. The van der Waals surface area contributed by atoms with Crippen molar-refractivity contribution in [1.82, 2.24) is 10.3 Å². The summed E-state index contributed by atoms with van der Waals surface area (Å²) in [4.78, 5) is 15.2. The molecule has 0 saturated heterocycles. The molecule has 22 heavy (non-hydrogen) atoms. The van der Waals surface area contributed by atoms with Gasteiger partial charge in [-0.15, -0.1) is 0 Å². The number of nitrogens with one attached hydrogen (secondary N) is 2. The van der Waals surface area contributed by atoms with Gasteiger partial charge in [-0.25, -0.2) is 0 Å². The van der Waals surface area contributed by atoms with Crippen LogP contribution in [0.5, 0.6) is 0 Å². The first-order valence-electron chi connectivity index (χ1n) is 7.79. The van der Waals surface area contributed by atoms with Crippen LogP contribution in [0.3, 0.4) is 0 Å². The Labute approximate surface area is 130 Å². The quantitative estimate of drug-likeness (QED) is 0.625. The smallest absolute Gasteiger partial charge is 0.237 e. The number of carbonyl (C=O) groups is 1. The van der Waals surface area contributed by atoms with E-state index in [9.17, 15) is 9.90 Å².